The molecule has 1 saturated heterocycles. The lowest BCUT2D eigenvalue weighted by Crippen LogP contribution is -2.46. The molecule has 0 N–H and O–H groups in total. The molecule has 1 aliphatic rings. The topological polar surface area (TPSA) is 23.6 Å². The molecule has 1 fully saturated rings. The minimum Gasteiger partial charge on any atom is -0.369 e. The summed E-state index contributed by atoms with van der Waals surface area (Å²) in [5.74, 6) is 0.179. The summed E-state index contributed by atoms with van der Waals surface area (Å²) >= 11 is 0. The van der Waals surface area contributed by atoms with E-state index in [0.717, 1.165) is 43.9 Å². The van der Waals surface area contributed by atoms with Gasteiger partial charge in [-0.1, -0.05) is 37.3 Å². The number of hydrogen-bond donors (Lipinski definition) is 0. The van der Waals surface area contributed by atoms with Crippen LogP contribution in [-0.4, -0.2) is 43.4 Å². The number of likely N-dealkylation sites (N-methyl/N-ethyl adjacent to an activating group) is 1. The summed E-state index contributed by atoms with van der Waals surface area (Å²) in [6, 6.07) is 18.0. The van der Waals surface area contributed by atoms with Gasteiger partial charge in [-0.2, -0.15) is 0 Å². The maximum Gasteiger partial charge on any atom is 0.167 e. The van der Waals surface area contributed by atoms with E-state index in [0.29, 0.717) is 6.42 Å². The van der Waals surface area contributed by atoms with Crippen LogP contribution >= 0.6 is 0 Å². The van der Waals surface area contributed by atoms with Gasteiger partial charge in [-0.15, -0.1) is 0 Å². The molecule has 3 rings (SSSR count). The lowest BCUT2D eigenvalue weighted by molar-refractivity contribution is 0.0993. The van der Waals surface area contributed by atoms with E-state index in [1.807, 2.05) is 42.5 Å². The summed E-state index contributed by atoms with van der Waals surface area (Å²) < 4.78 is 0. The van der Waals surface area contributed by atoms with Gasteiger partial charge in [0.25, 0.3) is 0 Å². The molecule has 2 aromatic rings. The Bertz CT molecular complexity index is 628. The van der Waals surface area contributed by atoms with Crippen molar-refractivity contribution in [3.63, 3.8) is 0 Å². The second-order valence-corrected chi connectivity index (χ2v) is 6.05. The van der Waals surface area contributed by atoms with Crippen molar-refractivity contribution in [2.24, 2.45) is 0 Å². The summed E-state index contributed by atoms with van der Waals surface area (Å²) in [6.07, 6.45) is 0.468. The van der Waals surface area contributed by atoms with E-state index in [-0.39, 0.29) is 5.78 Å². The van der Waals surface area contributed by atoms with Crippen molar-refractivity contribution in [2.75, 3.05) is 37.6 Å². The van der Waals surface area contributed by atoms with Crippen molar-refractivity contribution >= 4 is 11.5 Å². The fourth-order valence-corrected chi connectivity index (χ4v) is 3.06. The van der Waals surface area contributed by atoms with Crippen LogP contribution in [0.3, 0.4) is 0 Å². The van der Waals surface area contributed by atoms with Crippen molar-refractivity contribution in [1.29, 1.82) is 0 Å². The first-order valence-electron chi connectivity index (χ1n) is 8.41. The molecule has 2 aromatic carbocycles. The highest BCUT2D eigenvalue weighted by Gasteiger charge is 2.16. The minimum absolute atomic E-state index is 0.179. The van der Waals surface area contributed by atoms with Crippen molar-refractivity contribution in [3.05, 3.63) is 65.7 Å². The third kappa shape index (κ3) is 3.99. The van der Waals surface area contributed by atoms with E-state index < -0.39 is 0 Å². The van der Waals surface area contributed by atoms with E-state index in [1.54, 1.807) is 0 Å². The summed E-state index contributed by atoms with van der Waals surface area (Å²) in [4.78, 5) is 17.2. The Labute approximate surface area is 138 Å². The Hall–Kier alpha value is -2.13. The molecular weight excluding hydrogens is 284 g/mol. The van der Waals surface area contributed by atoms with Gasteiger partial charge in [0.15, 0.2) is 5.78 Å². The van der Waals surface area contributed by atoms with E-state index >= 15 is 0 Å². The second-order valence-electron chi connectivity index (χ2n) is 6.05. The van der Waals surface area contributed by atoms with Crippen LogP contribution in [-0.2, 0) is 6.42 Å². The van der Waals surface area contributed by atoms with Crippen LogP contribution in [0.1, 0.15) is 22.8 Å². The third-order valence-electron chi connectivity index (χ3n) is 4.58. The molecule has 120 valence electrons. The van der Waals surface area contributed by atoms with E-state index in [4.69, 9.17) is 0 Å². The molecule has 0 spiro atoms. The summed E-state index contributed by atoms with van der Waals surface area (Å²) in [5.41, 5.74) is 3.08. The minimum atomic E-state index is 0.179. The molecule has 1 heterocycles. The molecule has 3 nitrogen and oxygen atoms in total. The maximum absolute atomic E-state index is 12.4. The van der Waals surface area contributed by atoms with Gasteiger partial charge in [0, 0.05) is 43.9 Å². The van der Waals surface area contributed by atoms with E-state index in [1.165, 1.54) is 5.69 Å². The SMILES string of the molecule is CCN1CCN(c2ccc(C(=O)Cc3ccccc3)cc2)CC1. The van der Waals surface area contributed by atoms with Crippen LogP contribution < -0.4 is 4.90 Å². The lowest BCUT2D eigenvalue weighted by atomic mass is 10.0. The van der Waals surface area contributed by atoms with Crippen molar-refractivity contribution < 1.29 is 4.79 Å². The van der Waals surface area contributed by atoms with Crippen molar-refractivity contribution in [2.45, 2.75) is 13.3 Å². The highest BCUT2D eigenvalue weighted by atomic mass is 16.1. The van der Waals surface area contributed by atoms with Gasteiger partial charge >= 0.3 is 0 Å². The maximum atomic E-state index is 12.4. The fourth-order valence-electron chi connectivity index (χ4n) is 3.06. The number of carbonyl (C=O) groups excluding carboxylic acids is 1. The van der Waals surface area contributed by atoms with Crippen LogP contribution in [0.15, 0.2) is 54.6 Å². The molecule has 0 atom stereocenters. The molecule has 23 heavy (non-hydrogen) atoms. The Kier molecular flexibility index (Phi) is 5.09. The quantitative estimate of drug-likeness (QED) is 0.792. The Morgan fingerprint density at radius 3 is 2.17 bits per heavy atom. The van der Waals surface area contributed by atoms with Crippen LogP contribution in [0.25, 0.3) is 0 Å². The summed E-state index contributed by atoms with van der Waals surface area (Å²) in [5, 5.41) is 0. The third-order valence-corrected chi connectivity index (χ3v) is 4.58. The molecule has 0 aliphatic carbocycles. The number of nitrogens with zero attached hydrogens (tertiary/aromatic N) is 2. The fraction of sp³-hybridized carbons (Fsp3) is 0.350. The van der Waals surface area contributed by atoms with Crippen molar-refractivity contribution in [3.8, 4) is 0 Å². The van der Waals surface area contributed by atoms with Gasteiger partial charge in [-0.25, -0.2) is 0 Å². The van der Waals surface area contributed by atoms with Crippen LogP contribution in [0.4, 0.5) is 5.69 Å². The number of carbonyl (C=O) groups is 1. The molecule has 0 bridgehead atoms. The van der Waals surface area contributed by atoms with Crippen LogP contribution in [0.5, 0.6) is 0 Å². The van der Waals surface area contributed by atoms with Gasteiger partial charge in [-0.05, 0) is 36.4 Å². The predicted octanol–water partition coefficient (Wildman–Crippen LogP) is 3.25. The highest BCUT2D eigenvalue weighted by molar-refractivity contribution is 5.97. The largest absolute Gasteiger partial charge is 0.369 e. The van der Waals surface area contributed by atoms with Gasteiger partial charge in [0.05, 0.1) is 0 Å². The number of Topliss-reactive ketones (excluding diaryl/α,β-unsaturated/α-hetero) is 1. The first-order chi connectivity index (χ1) is 11.3. The summed E-state index contributed by atoms with van der Waals surface area (Å²) in [7, 11) is 0. The molecular formula is C20H24N2O. The zero-order valence-electron chi connectivity index (χ0n) is 13.7. The Balaban J connectivity index is 1.62. The van der Waals surface area contributed by atoms with Gasteiger partial charge in [0.2, 0.25) is 0 Å². The first-order valence-corrected chi connectivity index (χ1v) is 8.41. The summed E-state index contributed by atoms with van der Waals surface area (Å²) in [6.45, 7) is 7.69. The molecule has 0 unspecified atom stereocenters. The van der Waals surface area contributed by atoms with Crippen LogP contribution in [0, 0.1) is 0 Å². The normalized spacial score (nSPS) is 15.6. The van der Waals surface area contributed by atoms with Crippen LogP contribution in [0.2, 0.25) is 0 Å². The highest BCUT2D eigenvalue weighted by Crippen LogP contribution is 2.18. The first kappa shape index (κ1) is 15.8. The molecule has 3 heteroatoms. The monoisotopic (exact) mass is 308 g/mol. The average molecular weight is 308 g/mol. The second kappa shape index (κ2) is 7.42. The molecule has 0 amide bonds. The predicted molar refractivity (Wildman–Crippen MR) is 95.2 cm³/mol. The van der Waals surface area contributed by atoms with E-state index in [2.05, 4.69) is 28.9 Å². The van der Waals surface area contributed by atoms with Crippen molar-refractivity contribution in [1.82, 2.24) is 4.90 Å². The number of anilines is 1. The molecule has 0 saturated carbocycles. The lowest BCUT2D eigenvalue weighted by Gasteiger charge is -2.35. The number of piperazine rings is 1. The molecule has 0 aromatic heterocycles. The number of rotatable bonds is 5. The van der Waals surface area contributed by atoms with Gasteiger partial charge < -0.3 is 9.80 Å². The Morgan fingerprint density at radius 2 is 1.57 bits per heavy atom. The number of ketones is 1. The zero-order valence-corrected chi connectivity index (χ0v) is 13.7. The smallest absolute Gasteiger partial charge is 0.167 e. The zero-order chi connectivity index (χ0) is 16.1. The van der Waals surface area contributed by atoms with Gasteiger partial charge in [-0.3, -0.25) is 4.79 Å². The number of benzene rings is 2. The standard InChI is InChI=1S/C20H24N2O/c1-2-21-12-14-22(15-13-21)19-10-8-18(9-11-19)20(23)16-17-6-4-3-5-7-17/h3-11H,2,12-16H2,1H3. The number of hydrogen-bond acceptors (Lipinski definition) is 3. The average Bonchev–Trinajstić information content (AvgIpc) is 2.63. The Morgan fingerprint density at radius 1 is 0.913 bits per heavy atom. The van der Waals surface area contributed by atoms with E-state index in [9.17, 15) is 4.79 Å². The molecule has 0 radical (unpaired) electrons. The van der Waals surface area contributed by atoms with Gasteiger partial charge in [0.1, 0.15) is 0 Å². The molecule has 1 aliphatic heterocycles.